The van der Waals surface area contributed by atoms with Crippen molar-refractivity contribution in [2.45, 2.75) is 45.2 Å². The molecule has 1 aliphatic rings. The molecule has 0 bridgehead atoms. The number of nitrogens with zero attached hydrogens (tertiary/aromatic N) is 3. The molecule has 3 heterocycles. The van der Waals surface area contributed by atoms with E-state index in [1.807, 2.05) is 25.1 Å². The lowest BCUT2D eigenvalue weighted by Gasteiger charge is -2.35. The van der Waals surface area contributed by atoms with E-state index in [-0.39, 0.29) is 11.6 Å². The Bertz CT molecular complexity index is 991. The summed E-state index contributed by atoms with van der Waals surface area (Å²) in [6.07, 6.45) is 4.20. The maximum Gasteiger partial charge on any atom is 0.272 e. The number of aromatic amines is 1. The van der Waals surface area contributed by atoms with E-state index in [2.05, 4.69) is 27.1 Å². The van der Waals surface area contributed by atoms with Gasteiger partial charge in [0.1, 0.15) is 5.75 Å². The summed E-state index contributed by atoms with van der Waals surface area (Å²) in [4.78, 5) is 19.4. The lowest BCUT2D eigenvalue weighted by molar-refractivity contribution is 0.135. The average Bonchev–Trinajstić information content (AvgIpc) is 3.13. The first-order valence-electron chi connectivity index (χ1n) is 9.67. The van der Waals surface area contributed by atoms with Crippen LogP contribution in [0.25, 0.3) is 5.65 Å². The molecule has 1 saturated heterocycles. The van der Waals surface area contributed by atoms with Gasteiger partial charge in [0, 0.05) is 29.9 Å². The molecule has 0 spiro atoms. The Morgan fingerprint density at radius 3 is 2.93 bits per heavy atom. The number of aromatic nitrogens is 3. The first-order valence-corrected chi connectivity index (χ1v) is 9.67. The standard InChI is InChI=1S/C21H26N4O2/c1-3-16-12-21(26)25-20(22-16)13-17(23-25)18-9-6-7-11-24(18)14-15-8-4-5-10-19(15)27-2/h4-5,8,10,12-13,18,23H,3,6-7,9,11,14H2,1-2H3/t18-/m0/s1. The van der Waals surface area contributed by atoms with Gasteiger partial charge in [-0.1, -0.05) is 31.5 Å². The quantitative estimate of drug-likeness (QED) is 0.752. The van der Waals surface area contributed by atoms with E-state index < -0.39 is 0 Å². The second-order valence-corrected chi connectivity index (χ2v) is 7.14. The van der Waals surface area contributed by atoms with Crippen LogP contribution in [-0.4, -0.2) is 33.2 Å². The number of piperidine rings is 1. The Balaban J connectivity index is 1.67. The lowest BCUT2D eigenvalue weighted by atomic mass is 9.98. The minimum Gasteiger partial charge on any atom is -0.496 e. The Kier molecular flexibility index (Phi) is 4.99. The van der Waals surface area contributed by atoms with Crippen LogP contribution in [-0.2, 0) is 13.0 Å². The summed E-state index contributed by atoms with van der Waals surface area (Å²) in [6.45, 7) is 3.87. The topological polar surface area (TPSA) is 62.6 Å². The zero-order valence-corrected chi connectivity index (χ0v) is 15.9. The summed E-state index contributed by atoms with van der Waals surface area (Å²) >= 11 is 0. The van der Waals surface area contributed by atoms with Crippen molar-refractivity contribution >= 4 is 5.65 Å². The molecular formula is C21H26N4O2. The van der Waals surface area contributed by atoms with E-state index in [1.165, 1.54) is 18.4 Å². The van der Waals surface area contributed by atoms with E-state index in [0.29, 0.717) is 5.65 Å². The summed E-state index contributed by atoms with van der Waals surface area (Å²) in [5, 5.41) is 3.30. The van der Waals surface area contributed by atoms with Gasteiger partial charge in [-0.05, 0) is 31.9 Å². The molecule has 27 heavy (non-hydrogen) atoms. The SMILES string of the molecule is CCc1cc(=O)n2[nH]c([C@@H]3CCCCN3Cc3ccccc3OC)cc2n1. The second kappa shape index (κ2) is 7.56. The Morgan fingerprint density at radius 1 is 1.26 bits per heavy atom. The molecule has 0 unspecified atom stereocenters. The molecule has 0 amide bonds. The highest BCUT2D eigenvalue weighted by molar-refractivity contribution is 5.41. The monoisotopic (exact) mass is 366 g/mol. The number of nitrogens with one attached hydrogen (secondary N) is 1. The summed E-state index contributed by atoms with van der Waals surface area (Å²) in [5.41, 5.74) is 3.74. The molecule has 142 valence electrons. The van der Waals surface area contributed by atoms with Crippen molar-refractivity contribution in [2.24, 2.45) is 0 Å². The summed E-state index contributed by atoms with van der Waals surface area (Å²) in [5.74, 6) is 0.920. The van der Waals surface area contributed by atoms with E-state index in [4.69, 9.17) is 4.74 Å². The maximum absolute atomic E-state index is 12.4. The largest absolute Gasteiger partial charge is 0.496 e. The van der Waals surface area contributed by atoms with E-state index in [0.717, 1.165) is 43.1 Å². The minimum atomic E-state index is -0.0461. The van der Waals surface area contributed by atoms with Gasteiger partial charge in [0.15, 0.2) is 5.65 Å². The lowest BCUT2D eigenvalue weighted by Crippen LogP contribution is -2.33. The van der Waals surface area contributed by atoms with Crippen molar-refractivity contribution in [2.75, 3.05) is 13.7 Å². The molecule has 1 aromatic carbocycles. The number of rotatable bonds is 5. The summed E-state index contributed by atoms with van der Waals surface area (Å²) in [7, 11) is 1.72. The molecule has 0 aliphatic carbocycles. The fourth-order valence-corrected chi connectivity index (χ4v) is 4.00. The highest BCUT2D eigenvalue weighted by atomic mass is 16.5. The maximum atomic E-state index is 12.4. The number of hydrogen-bond donors (Lipinski definition) is 1. The van der Waals surface area contributed by atoms with Crippen molar-refractivity contribution in [3.05, 3.63) is 63.7 Å². The molecule has 0 saturated carbocycles. The molecule has 3 aromatic rings. The van der Waals surface area contributed by atoms with Crippen LogP contribution in [0.4, 0.5) is 0 Å². The molecule has 1 atom stereocenters. The van der Waals surface area contributed by atoms with Gasteiger partial charge in [0.05, 0.1) is 18.8 Å². The molecule has 0 radical (unpaired) electrons. The van der Waals surface area contributed by atoms with E-state index >= 15 is 0 Å². The Labute approximate surface area is 158 Å². The van der Waals surface area contributed by atoms with Crippen LogP contribution >= 0.6 is 0 Å². The fourth-order valence-electron chi connectivity index (χ4n) is 4.00. The first-order chi connectivity index (χ1) is 13.2. The predicted molar refractivity (Wildman–Crippen MR) is 105 cm³/mol. The highest BCUT2D eigenvalue weighted by Gasteiger charge is 2.26. The Hall–Kier alpha value is -2.60. The molecule has 2 aromatic heterocycles. The number of fused-ring (bicyclic) bond motifs is 1. The Morgan fingerprint density at radius 2 is 2.11 bits per heavy atom. The van der Waals surface area contributed by atoms with Gasteiger partial charge in [-0.15, -0.1) is 0 Å². The third kappa shape index (κ3) is 3.49. The minimum absolute atomic E-state index is 0.0461. The number of methoxy groups -OCH3 is 1. The van der Waals surface area contributed by atoms with Gasteiger partial charge in [-0.3, -0.25) is 14.8 Å². The molecule has 6 heteroatoms. The van der Waals surface area contributed by atoms with Crippen molar-refractivity contribution in [1.82, 2.24) is 19.5 Å². The van der Waals surface area contributed by atoms with Gasteiger partial charge in [-0.25, -0.2) is 9.50 Å². The molecule has 1 N–H and O–H groups in total. The second-order valence-electron chi connectivity index (χ2n) is 7.14. The van der Waals surface area contributed by atoms with Gasteiger partial charge in [0.2, 0.25) is 0 Å². The number of aryl methyl sites for hydroxylation is 1. The van der Waals surface area contributed by atoms with Gasteiger partial charge < -0.3 is 4.74 Å². The van der Waals surface area contributed by atoms with Crippen molar-refractivity contribution in [3.8, 4) is 5.75 Å². The summed E-state index contributed by atoms with van der Waals surface area (Å²) < 4.78 is 7.09. The van der Waals surface area contributed by atoms with Gasteiger partial charge >= 0.3 is 0 Å². The van der Waals surface area contributed by atoms with Gasteiger partial charge in [-0.2, -0.15) is 0 Å². The number of likely N-dealkylation sites (tertiary alicyclic amines) is 1. The van der Waals surface area contributed by atoms with Crippen LogP contribution < -0.4 is 10.3 Å². The zero-order valence-electron chi connectivity index (χ0n) is 15.9. The van der Waals surface area contributed by atoms with Crippen molar-refractivity contribution < 1.29 is 4.74 Å². The number of hydrogen-bond acceptors (Lipinski definition) is 4. The van der Waals surface area contributed by atoms with E-state index in [9.17, 15) is 4.79 Å². The van der Waals surface area contributed by atoms with Crippen molar-refractivity contribution in [3.63, 3.8) is 0 Å². The molecule has 6 nitrogen and oxygen atoms in total. The van der Waals surface area contributed by atoms with Crippen LogP contribution in [0.3, 0.4) is 0 Å². The number of H-pyrrole nitrogens is 1. The van der Waals surface area contributed by atoms with Crippen LogP contribution in [0.15, 0.2) is 41.2 Å². The normalized spacial score (nSPS) is 18.1. The van der Waals surface area contributed by atoms with Crippen LogP contribution in [0.1, 0.15) is 49.2 Å². The number of benzene rings is 1. The fraction of sp³-hybridized carbons (Fsp3) is 0.429. The number of para-hydroxylation sites is 1. The van der Waals surface area contributed by atoms with Crippen LogP contribution in [0.2, 0.25) is 0 Å². The van der Waals surface area contributed by atoms with E-state index in [1.54, 1.807) is 17.7 Å². The van der Waals surface area contributed by atoms with Gasteiger partial charge in [0.25, 0.3) is 5.56 Å². The molecule has 1 aliphatic heterocycles. The summed E-state index contributed by atoms with van der Waals surface area (Å²) in [6, 6.07) is 12.1. The first kappa shape index (κ1) is 17.8. The molecular weight excluding hydrogens is 340 g/mol. The molecule has 4 rings (SSSR count). The zero-order chi connectivity index (χ0) is 18.8. The van der Waals surface area contributed by atoms with Crippen LogP contribution in [0, 0.1) is 0 Å². The average molecular weight is 366 g/mol. The number of ether oxygens (including phenoxy) is 1. The third-order valence-electron chi connectivity index (χ3n) is 5.42. The smallest absolute Gasteiger partial charge is 0.272 e. The third-order valence-corrected chi connectivity index (χ3v) is 5.42. The molecule has 1 fully saturated rings. The van der Waals surface area contributed by atoms with Crippen LogP contribution in [0.5, 0.6) is 5.75 Å². The predicted octanol–water partition coefficient (Wildman–Crippen LogP) is 3.32. The highest BCUT2D eigenvalue weighted by Crippen LogP contribution is 2.33. The van der Waals surface area contributed by atoms with Crippen molar-refractivity contribution in [1.29, 1.82) is 0 Å².